The minimum absolute atomic E-state index is 0.591. The number of likely N-dealkylation sites (N-methyl/N-ethyl adjacent to an activating group) is 1. The molecule has 1 aromatic carbocycles. The molecule has 1 aromatic rings. The lowest BCUT2D eigenvalue weighted by molar-refractivity contribution is 0.148. The zero-order valence-corrected chi connectivity index (χ0v) is 9.57. The predicted octanol–water partition coefficient (Wildman–Crippen LogP) is 1.41. The molecule has 84 valence electrons. The second-order valence-corrected chi connectivity index (χ2v) is 3.61. The van der Waals surface area contributed by atoms with Crippen molar-refractivity contribution in [3.8, 4) is 0 Å². The first kappa shape index (κ1) is 12.0. The van der Waals surface area contributed by atoms with Gasteiger partial charge in [-0.2, -0.15) is 0 Å². The van der Waals surface area contributed by atoms with Crippen LogP contribution in [0.5, 0.6) is 0 Å². The van der Waals surface area contributed by atoms with Crippen molar-refractivity contribution in [2.45, 2.75) is 6.92 Å². The van der Waals surface area contributed by atoms with Crippen LogP contribution in [0.15, 0.2) is 24.3 Å². The van der Waals surface area contributed by atoms with Gasteiger partial charge in [0.15, 0.2) is 0 Å². The highest BCUT2D eigenvalue weighted by molar-refractivity contribution is 5.52. The third kappa shape index (κ3) is 3.90. The fourth-order valence-corrected chi connectivity index (χ4v) is 1.50. The van der Waals surface area contributed by atoms with E-state index in [2.05, 4.69) is 43.1 Å². The van der Waals surface area contributed by atoms with Crippen LogP contribution < -0.4 is 10.6 Å². The Balaban J connectivity index is 2.40. The van der Waals surface area contributed by atoms with E-state index in [0.717, 1.165) is 13.2 Å². The normalized spacial score (nSPS) is 10.3. The maximum atomic E-state index is 5.35. The van der Waals surface area contributed by atoms with Gasteiger partial charge in [0.05, 0.1) is 13.2 Å². The van der Waals surface area contributed by atoms with Gasteiger partial charge in [-0.15, -0.1) is 0 Å². The van der Waals surface area contributed by atoms with E-state index in [9.17, 15) is 0 Å². The molecule has 0 aliphatic rings. The summed E-state index contributed by atoms with van der Waals surface area (Å²) in [5, 5.41) is 0. The minimum atomic E-state index is 0.591. The van der Waals surface area contributed by atoms with Crippen molar-refractivity contribution in [3.63, 3.8) is 0 Å². The third-order valence-electron chi connectivity index (χ3n) is 2.36. The Morgan fingerprint density at radius 3 is 2.67 bits per heavy atom. The highest BCUT2D eigenvalue weighted by Crippen LogP contribution is 2.16. The lowest BCUT2D eigenvalue weighted by Crippen LogP contribution is -2.24. The molecule has 0 fully saturated rings. The molecule has 0 saturated carbocycles. The summed E-state index contributed by atoms with van der Waals surface area (Å²) < 4.78 is 5.35. The number of rotatable bonds is 6. The quantitative estimate of drug-likeness (QED) is 0.718. The summed E-state index contributed by atoms with van der Waals surface area (Å²) >= 11 is 0. The molecule has 0 heterocycles. The van der Waals surface area contributed by atoms with Crippen molar-refractivity contribution in [3.05, 3.63) is 29.8 Å². The maximum Gasteiger partial charge on any atom is 0.0642 e. The molecule has 0 atom stereocenters. The fraction of sp³-hybridized carbons (Fsp3) is 0.500. The molecule has 3 heteroatoms. The van der Waals surface area contributed by atoms with Crippen LogP contribution >= 0.6 is 0 Å². The van der Waals surface area contributed by atoms with Crippen molar-refractivity contribution < 1.29 is 4.74 Å². The second-order valence-electron chi connectivity index (χ2n) is 3.61. The second kappa shape index (κ2) is 6.43. The fourth-order valence-electron chi connectivity index (χ4n) is 1.50. The van der Waals surface area contributed by atoms with Crippen molar-refractivity contribution >= 4 is 5.69 Å². The summed E-state index contributed by atoms with van der Waals surface area (Å²) in [5.41, 5.74) is 7.89. The average Bonchev–Trinajstić information content (AvgIpc) is 2.25. The van der Waals surface area contributed by atoms with E-state index in [1.54, 1.807) is 0 Å². The maximum absolute atomic E-state index is 5.35. The predicted molar refractivity (Wildman–Crippen MR) is 64.3 cm³/mol. The number of aryl methyl sites for hydroxylation is 1. The lowest BCUT2D eigenvalue weighted by Gasteiger charge is -2.21. The van der Waals surface area contributed by atoms with E-state index in [4.69, 9.17) is 10.5 Å². The molecule has 0 bridgehead atoms. The van der Waals surface area contributed by atoms with Gasteiger partial charge in [-0.1, -0.05) is 18.2 Å². The zero-order valence-electron chi connectivity index (χ0n) is 9.57. The molecule has 0 radical (unpaired) electrons. The molecule has 0 amide bonds. The van der Waals surface area contributed by atoms with E-state index in [0.29, 0.717) is 13.2 Å². The molecule has 3 nitrogen and oxygen atoms in total. The summed E-state index contributed by atoms with van der Waals surface area (Å²) in [6, 6.07) is 8.35. The van der Waals surface area contributed by atoms with Gasteiger partial charge in [0.25, 0.3) is 0 Å². The van der Waals surface area contributed by atoms with Crippen LogP contribution in [0.3, 0.4) is 0 Å². The number of nitrogens with two attached hydrogens (primary N) is 1. The monoisotopic (exact) mass is 208 g/mol. The summed E-state index contributed by atoms with van der Waals surface area (Å²) in [5.74, 6) is 0. The Morgan fingerprint density at radius 1 is 1.27 bits per heavy atom. The van der Waals surface area contributed by atoms with Crippen LogP contribution in [-0.4, -0.2) is 33.4 Å². The first-order chi connectivity index (χ1) is 7.25. The molecule has 0 aromatic heterocycles. The summed E-state index contributed by atoms with van der Waals surface area (Å²) in [7, 11) is 2.08. The Hall–Kier alpha value is -1.06. The molecular weight excluding hydrogens is 188 g/mol. The first-order valence-corrected chi connectivity index (χ1v) is 5.30. The Labute approximate surface area is 91.8 Å². The molecule has 0 spiro atoms. The van der Waals surface area contributed by atoms with Gasteiger partial charge >= 0.3 is 0 Å². The van der Waals surface area contributed by atoms with Crippen molar-refractivity contribution in [1.82, 2.24) is 0 Å². The largest absolute Gasteiger partial charge is 0.378 e. The van der Waals surface area contributed by atoms with Gasteiger partial charge in [0, 0.05) is 25.8 Å². The highest BCUT2D eigenvalue weighted by Gasteiger charge is 2.02. The van der Waals surface area contributed by atoms with Crippen LogP contribution in [-0.2, 0) is 4.74 Å². The highest BCUT2D eigenvalue weighted by atomic mass is 16.5. The lowest BCUT2D eigenvalue weighted by atomic mass is 10.2. The zero-order chi connectivity index (χ0) is 11.1. The molecule has 0 saturated heterocycles. The van der Waals surface area contributed by atoms with E-state index in [1.807, 2.05) is 0 Å². The number of anilines is 1. The van der Waals surface area contributed by atoms with E-state index in [1.165, 1.54) is 11.3 Å². The number of hydrogen-bond acceptors (Lipinski definition) is 3. The number of benzene rings is 1. The van der Waals surface area contributed by atoms with E-state index >= 15 is 0 Å². The van der Waals surface area contributed by atoms with Gasteiger partial charge < -0.3 is 15.4 Å². The molecule has 15 heavy (non-hydrogen) atoms. The molecule has 1 rings (SSSR count). The van der Waals surface area contributed by atoms with Crippen LogP contribution in [0.1, 0.15) is 5.56 Å². The van der Waals surface area contributed by atoms with Gasteiger partial charge in [0.1, 0.15) is 0 Å². The molecule has 0 unspecified atom stereocenters. The van der Waals surface area contributed by atoms with Gasteiger partial charge in [0.2, 0.25) is 0 Å². The van der Waals surface area contributed by atoms with Crippen LogP contribution in [0.4, 0.5) is 5.69 Å². The molecule has 0 aliphatic carbocycles. The number of ether oxygens (including phenoxy) is 1. The summed E-state index contributed by atoms with van der Waals surface area (Å²) in [6.45, 7) is 4.97. The molecule has 0 aliphatic heterocycles. The summed E-state index contributed by atoms with van der Waals surface area (Å²) in [6.07, 6.45) is 0. The van der Waals surface area contributed by atoms with Crippen LogP contribution in [0, 0.1) is 6.92 Å². The van der Waals surface area contributed by atoms with Crippen molar-refractivity contribution in [2.75, 3.05) is 38.3 Å². The van der Waals surface area contributed by atoms with Crippen LogP contribution in [0.25, 0.3) is 0 Å². The number of nitrogens with zero attached hydrogens (tertiary/aromatic N) is 1. The van der Waals surface area contributed by atoms with Gasteiger partial charge in [-0.05, 0) is 18.6 Å². The molecular formula is C12H20N2O. The van der Waals surface area contributed by atoms with Gasteiger partial charge in [-0.25, -0.2) is 0 Å². The van der Waals surface area contributed by atoms with Gasteiger partial charge in [-0.3, -0.25) is 0 Å². The smallest absolute Gasteiger partial charge is 0.0642 e. The minimum Gasteiger partial charge on any atom is -0.378 e. The van der Waals surface area contributed by atoms with E-state index < -0.39 is 0 Å². The van der Waals surface area contributed by atoms with E-state index in [-0.39, 0.29) is 0 Å². The SMILES string of the molecule is Cc1ccccc1N(C)CCOCCN. The number of para-hydroxylation sites is 1. The topological polar surface area (TPSA) is 38.5 Å². The Kier molecular flexibility index (Phi) is 5.15. The Bertz CT molecular complexity index is 289. The number of hydrogen-bond donors (Lipinski definition) is 1. The Morgan fingerprint density at radius 2 is 2.00 bits per heavy atom. The molecule has 2 N–H and O–H groups in total. The van der Waals surface area contributed by atoms with Crippen molar-refractivity contribution in [1.29, 1.82) is 0 Å². The first-order valence-electron chi connectivity index (χ1n) is 5.30. The van der Waals surface area contributed by atoms with Crippen molar-refractivity contribution in [2.24, 2.45) is 5.73 Å². The summed E-state index contributed by atoms with van der Waals surface area (Å²) in [4.78, 5) is 2.20. The third-order valence-corrected chi connectivity index (χ3v) is 2.36. The van der Waals surface area contributed by atoms with Crippen LogP contribution in [0.2, 0.25) is 0 Å². The standard InChI is InChI=1S/C12H20N2O/c1-11-5-3-4-6-12(11)14(2)8-10-15-9-7-13/h3-6H,7-10,13H2,1-2H3. The average molecular weight is 208 g/mol.